The quantitative estimate of drug-likeness (QED) is 0.834. The number of aliphatic hydroxyl groups is 1. The largest absolute Gasteiger partial charge is 0.388 e. The third-order valence-corrected chi connectivity index (χ3v) is 4.44. The minimum atomic E-state index is -0.511. The second-order valence-corrected chi connectivity index (χ2v) is 6.47. The number of rotatable bonds is 6. The van der Waals surface area contributed by atoms with E-state index >= 15 is 0 Å². The van der Waals surface area contributed by atoms with Gasteiger partial charge < -0.3 is 15.3 Å². The summed E-state index contributed by atoms with van der Waals surface area (Å²) < 4.78 is 0. The van der Waals surface area contributed by atoms with E-state index in [1.807, 2.05) is 13.2 Å². The normalized spacial score (nSPS) is 21.1. The Bertz CT molecular complexity index is 436. The second kappa shape index (κ2) is 5.70. The van der Waals surface area contributed by atoms with Gasteiger partial charge in [-0.3, -0.25) is 0 Å². The summed E-state index contributed by atoms with van der Waals surface area (Å²) in [6.07, 6.45) is 8.69. The number of likely N-dealkylation sites (N-methyl/N-ethyl adjacent to an activating group) is 1. The predicted octanol–water partition coefficient (Wildman–Crippen LogP) is 2.07. The van der Waals surface area contributed by atoms with Gasteiger partial charge in [0.2, 0.25) is 0 Å². The maximum Gasteiger partial charge on any atom is 0.128 e. The zero-order valence-electron chi connectivity index (χ0n) is 12.3. The first kappa shape index (κ1) is 13.8. The fraction of sp³-hybridized carbons (Fsp3) is 0.688. The molecule has 0 radical (unpaired) electrons. The Morgan fingerprint density at radius 2 is 2.10 bits per heavy atom. The molecule has 0 unspecified atom stereocenters. The van der Waals surface area contributed by atoms with Gasteiger partial charge in [0.15, 0.2) is 0 Å². The lowest BCUT2D eigenvalue weighted by atomic mass is 10.0. The van der Waals surface area contributed by atoms with Gasteiger partial charge in [0, 0.05) is 32.4 Å². The maximum atomic E-state index is 10.5. The van der Waals surface area contributed by atoms with Crippen LogP contribution in [0.5, 0.6) is 0 Å². The van der Waals surface area contributed by atoms with Crippen molar-refractivity contribution in [1.82, 2.24) is 10.3 Å². The average molecular weight is 275 g/mol. The van der Waals surface area contributed by atoms with Crippen LogP contribution in [0.4, 0.5) is 5.82 Å². The molecule has 0 aliphatic heterocycles. The van der Waals surface area contributed by atoms with E-state index in [9.17, 15) is 5.11 Å². The summed E-state index contributed by atoms with van der Waals surface area (Å²) in [6, 6.07) is 4.92. The van der Waals surface area contributed by atoms with Crippen LogP contribution in [0.1, 0.15) is 44.1 Å². The fourth-order valence-corrected chi connectivity index (χ4v) is 3.01. The number of nitrogens with zero attached hydrogens (tertiary/aromatic N) is 2. The molecule has 2 N–H and O–H groups in total. The molecule has 0 spiro atoms. The molecule has 0 aromatic carbocycles. The number of aromatic nitrogens is 1. The maximum absolute atomic E-state index is 10.5. The molecule has 1 heterocycles. The molecule has 0 saturated heterocycles. The summed E-state index contributed by atoms with van der Waals surface area (Å²) in [4.78, 5) is 6.60. The summed E-state index contributed by atoms with van der Waals surface area (Å²) in [6.45, 7) is 1.59. The van der Waals surface area contributed by atoms with Crippen LogP contribution in [0.2, 0.25) is 0 Å². The first-order chi connectivity index (χ1) is 9.65. The van der Waals surface area contributed by atoms with E-state index in [-0.39, 0.29) is 0 Å². The molecule has 4 heteroatoms. The van der Waals surface area contributed by atoms with E-state index in [0.717, 1.165) is 44.1 Å². The topological polar surface area (TPSA) is 48.4 Å². The van der Waals surface area contributed by atoms with Gasteiger partial charge in [-0.15, -0.1) is 0 Å². The zero-order chi connectivity index (χ0) is 14.0. The van der Waals surface area contributed by atoms with E-state index < -0.39 is 5.60 Å². The second-order valence-electron chi connectivity index (χ2n) is 6.47. The number of hydrogen-bond acceptors (Lipinski definition) is 4. The van der Waals surface area contributed by atoms with Gasteiger partial charge in [-0.25, -0.2) is 4.98 Å². The summed E-state index contributed by atoms with van der Waals surface area (Å²) in [5.74, 6) is 0.945. The lowest BCUT2D eigenvalue weighted by Gasteiger charge is -2.29. The Labute approximate surface area is 121 Å². The van der Waals surface area contributed by atoms with Gasteiger partial charge in [0.25, 0.3) is 0 Å². The van der Waals surface area contributed by atoms with Crippen LogP contribution in [0.15, 0.2) is 18.3 Å². The van der Waals surface area contributed by atoms with E-state index in [4.69, 9.17) is 0 Å². The Kier molecular flexibility index (Phi) is 3.94. The minimum absolute atomic E-state index is 0.511. The van der Waals surface area contributed by atoms with Crippen molar-refractivity contribution in [2.24, 2.45) is 0 Å². The van der Waals surface area contributed by atoms with Crippen LogP contribution in [-0.2, 0) is 6.54 Å². The summed E-state index contributed by atoms with van der Waals surface area (Å²) in [7, 11) is 2.01. The molecule has 1 aromatic rings. The molecule has 20 heavy (non-hydrogen) atoms. The highest BCUT2D eigenvalue weighted by atomic mass is 16.3. The average Bonchev–Trinajstić information content (AvgIpc) is 3.18. The van der Waals surface area contributed by atoms with Gasteiger partial charge in [-0.2, -0.15) is 0 Å². The minimum Gasteiger partial charge on any atom is -0.388 e. The summed E-state index contributed by atoms with van der Waals surface area (Å²) in [5.41, 5.74) is 0.719. The number of hydrogen-bond donors (Lipinski definition) is 2. The van der Waals surface area contributed by atoms with Crippen molar-refractivity contribution in [1.29, 1.82) is 0 Å². The van der Waals surface area contributed by atoms with Crippen LogP contribution >= 0.6 is 0 Å². The smallest absolute Gasteiger partial charge is 0.128 e. The van der Waals surface area contributed by atoms with E-state index in [0.29, 0.717) is 6.54 Å². The van der Waals surface area contributed by atoms with Crippen molar-refractivity contribution < 1.29 is 5.11 Å². The molecule has 2 aliphatic rings. The molecule has 0 amide bonds. The lowest BCUT2D eigenvalue weighted by Crippen LogP contribution is -2.39. The standard InChI is InChI=1S/C16H25N3O/c1-19(12-16(20)8-2-3-9-16)15-7-4-13(11-18-15)10-17-14-5-6-14/h4,7,11,14,17,20H,2-3,5-6,8-10,12H2,1H3. The van der Waals surface area contributed by atoms with Gasteiger partial charge in [-0.1, -0.05) is 18.9 Å². The fourth-order valence-electron chi connectivity index (χ4n) is 3.01. The molecular weight excluding hydrogens is 250 g/mol. The molecule has 2 aliphatic carbocycles. The first-order valence-electron chi connectivity index (χ1n) is 7.76. The Morgan fingerprint density at radius 3 is 2.70 bits per heavy atom. The molecule has 0 bridgehead atoms. The van der Waals surface area contributed by atoms with Crippen molar-refractivity contribution >= 4 is 5.82 Å². The molecule has 2 saturated carbocycles. The van der Waals surface area contributed by atoms with E-state index in [1.54, 1.807) is 0 Å². The molecule has 0 atom stereocenters. The predicted molar refractivity (Wildman–Crippen MR) is 80.8 cm³/mol. The van der Waals surface area contributed by atoms with Crippen LogP contribution < -0.4 is 10.2 Å². The Morgan fingerprint density at radius 1 is 1.35 bits per heavy atom. The van der Waals surface area contributed by atoms with Crippen molar-refractivity contribution in [2.45, 2.75) is 56.7 Å². The first-order valence-corrected chi connectivity index (χ1v) is 7.76. The molecule has 3 rings (SSSR count). The van der Waals surface area contributed by atoms with Crippen LogP contribution in [0, 0.1) is 0 Å². The zero-order valence-corrected chi connectivity index (χ0v) is 12.3. The Hall–Kier alpha value is -1.13. The molecule has 1 aromatic heterocycles. The third kappa shape index (κ3) is 3.49. The van der Waals surface area contributed by atoms with Gasteiger partial charge in [0.1, 0.15) is 5.82 Å². The van der Waals surface area contributed by atoms with Gasteiger partial charge in [0.05, 0.1) is 5.60 Å². The van der Waals surface area contributed by atoms with Crippen molar-refractivity contribution in [3.63, 3.8) is 0 Å². The van der Waals surface area contributed by atoms with Crippen LogP contribution in [0.25, 0.3) is 0 Å². The number of nitrogens with one attached hydrogen (secondary N) is 1. The van der Waals surface area contributed by atoms with Crippen LogP contribution in [-0.4, -0.2) is 35.3 Å². The van der Waals surface area contributed by atoms with Crippen molar-refractivity contribution in [2.75, 3.05) is 18.5 Å². The van der Waals surface area contributed by atoms with Crippen molar-refractivity contribution in [3.05, 3.63) is 23.9 Å². The molecule has 110 valence electrons. The highest BCUT2D eigenvalue weighted by Crippen LogP contribution is 2.30. The molecule has 4 nitrogen and oxygen atoms in total. The highest BCUT2D eigenvalue weighted by Gasteiger charge is 2.32. The lowest BCUT2D eigenvalue weighted by molar-refractivity contribution is 0.0558. The summed E-state index contributed by atoms with van der Waals surface area (Å²) in [5, 5.41) is 13.9. The molecule has 2 fully saturated rings. The van der Waals surface area contributed by atoms with Gasteiger partial charge in [-0.05, 0) is 37.3 Å². The van der Waals surface area contributed by atoms with E-state index in [2.05, 4.69) is 27.3 Å². The number of pyridine rings is 1. The Balaban J connectivity index is 1.55. The van der Waals surface area contributed by atoms with E-state index in [1.165, 1.54) is 18.4 Å². The summed E-state index contributed by atoms with van der Waals surface area (Å²) >= 11 is 0. The third-order valence-electron chi connectivity index (χ3n) is 4.44. The molecular formula is C16H25N3O. The monoisotopic (exact) mass is 275 g/mol. The number of anilines is 1. The highest BCUT2D eigenvalue weighted by molar-refractivity contribution is 5.39. The van der Waals surface area contributed by atoms with Gasteiger partial charge >= 0.3 is 0 Å². The SMILES string of the molecule is CN(CC1(O)CCCC1)c1ccc(CNC2CC2)cn1. The van der Waals surface area contributed by atoms with Crippen LogP contribution in [0.3, 0.4) is 0 Å². The van der Waals surface area contributed by atoms with Crippen molar-refractivity contribution in [3.8, 4) is 0 Å².